The predicted octanol–water partition coefficient (Wildman–Crippen LogP) is 5.64. The summed E-state index contributed by atoms with van der Waals surface area (Å²) in [5.74, 6) is -2.09. The van der Waals surface area contributed by atoms with Crippen LogP contribution < -0.4 is 10.6 Å². The van der Waals surface area contributed by atoms with Crippen molar-refractivity contribution in [2.24, 2.45) is 0 Å². The van der Waals surface area contributed by atoms with Gasteiger partial charge in [0.25, 0.3) is 11.8 Å². The molecule has 0 heterocycles. The van der Waals surface area contributed by atoms with E-state index in [1.165, 1.54) is 12.1 Å². The number of nitrogens with zero attached hydrogens (tertiary/aromatic N) is 1. The number of rotatable bonds is 14. The van der Waals surface area contributed by atoms with Gasteiger partial charge in [-0.3, -0.25) is 9.59 Å². The van der Waals surface area contributed by atoms with Gasteiger partial charge in [0, 0.05) is 43.4 Å². The van der Waals surface area contributed by atoms with Gasteiger partial charge in [-0.15, -0.1) is 0 Å². The summed E-state index contributed by atoms with van der Waals surface area (Å²) in [6.07, 6.45) is 0.581. The smallest absolute Gasteiger partial charge is 0.253 e. The summed E-state index contributed by atoms with van der Waals surface area (Å²) < 4.78 is 27.9. The van der Waals surface area contributed by atoms with E-state index in [0.29, 0.717) is 30.8 Å². The van der Waals surface area contributed by atoms with E-state index in [-0.39, 0.29) is 24.4 Å². The molecule has 0 aromatic heterocycles. The second-order valence-electron chi connectivity index (χ2n) is 11.1. The van der Waals surface area contributed by atoms with Gasteiger partial charge in [0.05, 0.1) is 12.1 Å². The molecule has 0 saturated heterocycles. The molecule has 42 heavy (non-hydrogen) atoms. The molecule has 0 bridgehead atoms. The Bertz CT molecular complexity index is 1350. The number of amides is 2. The first-order valence-corrected chi connectivity index (χ1v) is 14.6. The van der Waals surface area contributed by atoms with Crippen LogP contribution in [0, 0.1) is 32.4 Å². The van der Waals surface area contributed by atoms with Gasteiger partial charge in [-0.2, -0.15) is 0 Å². The third kappa shape index (κ3) is 9.46. The molecule has 226 valence electrons. The molecule has 2 amide bonds. The van der Waals surface area contributed by atoms with E-state index >= 15 is 0 Å². The molecule has 3 aromatic carbocycles. The molecule has 3 rings (SSSR count). The normalized spacial score (nSPS) is 12.6. The highest BCUT2D eigenvalue weighted by atomic mass is 19.1. The maximum absolute atomic E-state index is 14.0. The van der Waals surface area contributed by atoms with Crippen LogP contribution in [-0.2, 0) is 13.0 Å². The predicted molar refractivity (Wildman–Crippen MR) is 163 cm³/mol. The summed E-state index contributed by atoms with van der Waals surface area (Å²) in [4.78, 5) is 28.5. The average Bonchev–Trinajstić information content (AvgIpc) is 2.93. The summed E-state index contributed by atoms with van der Waals surface area (Å²) in [7, 11) is 0. The number of hydrogen-bond donors (Lipinski definition) is 3. The first kappa shape index (κ1) is 32.9. The number of benzene rings is 3. The minimum Gasteiger partial charge on any atom is -0.390 e. The van der Waals surface area contributed by atoms with E-state index in [2.05, 4.69) is 16.7 Å². The molecule has 0 aliphatic heterocycles. The fourth-order valence-electron chi connectivity index (χ4n) is 5.08. The Morgan fingerprint density at radius 1 is 0.857 bits per heavy atom. The number of aliphatic hydroxyl groups excluding tert-OH is 1. The van der Waals surface area contributed by atoms with Crippen LogP contribution in [0.1, 0.15) is 75.2 Å². The molecule has 3 aromatic rings. The fourth-order valence-corrected chi connectivity index (χ4v) is 5.08. The largest absolute Gasteiger partial charge is 0.390 e. The SMILES string of the molecule is CCCN(CCC)C(=O)c1cc(C)cc(C(=O)N[C@@H](Cc2cc(F)cc(F)c2)[C@H](O)CNCc2cc(C)ccc2C)c1. The van der Waals surface area contributed by atoms with Crippen molar-refractivity contribution in [3.63, 3.8) is 0 Å². The highest BCUT2D eigenvalue weighted by Crippen LogP contribution is 2.16. The van der Waals surface area contributed by atoms with Gasteiger partial charge in [0.1, 0.15) is 11.6 Å². The fraction of sp³-hybridized carbons (Fsp3) is 0.412. The van der Waals surface area contributed by atoms with Crippen molar-refractivity contribution in [2.45, 2.75) is 72.6 Å². The quantitative estimate of drug-likeness (QED) is 0.231. The Balaban J connectivity index is 1.82. The average molecular weight is 580 g/mol. The van der Waals surface area contributed by atoms with Crippen LogP contribution >= 0.6 is 0 Å². The zero-order valence-electron chi connectivity index (χ0n) is 25.3. The maximum atomic E-state index is 14.0. The summed E-state index contributed by atoms with van der Waals surface area (Å²) in [5, 5.41) is 17.3. The Morgan fingerprint density at radius 3 is 2.14 bits per heavy atom. The second kappa shape index (κ2) is 15.6. The molecule has 8 heteroatoms. The lowest BCUT2D eigenvalue weighted by molar-refractivity contribution is 0.0755. The van der Waals surface area contributed by atoms with Crippen LogP contribution in [0.5, 0.6) is 0 Å². The van der Waals surface area contributed by atoms with Crippen molar-refractivity contribution in [1.82, 2.24) is 15.5 Å². The lowest BCUT2D eigenvalue weighted by Crippen LogP contribution is -2.48. The summed E-state index contributed by atoms with van der Waals surface area (Å²) in [6.45, 7) is 11.7. The molecular formula is C34H43F2N3O3. The van der Waals surface area contributed by atoms with Crippen LogP contribution in [0.15, 0.2) is 54.6 Å². The van der Waals surface area contributed by atoms with Gasteiger partial charge >= 0.3 is 0 Å². The number of halogens is 2. The maximum Gasteiger partial charge on any atom is 0.253 e. The Morgan fingerprint density at radius 2 is 1.50 bits per heavy atom. The van der Waals surface area contributed by atoms with Crippen LogP contribution in [0.3, 0.4) is 0 Å². The molecule has 0 spiro atoms. The monoisotopic (exact) mass is 579 g/mol. The minimum atomic E-state index is -1.07. The number of hydrogen-bond acceptors (Lipinski definition) is 4. The van der Waals surface area contributed by atoms with Crippen molar-refractivity contribution in [3.05, 3.63) is 105 Å². The van der Waals surface area contributed by atoms with Gasteiger partial charge in [-0.1, -0.05) is 37.6 Å². The number of carbonyl (C=O) groups excluding carboxylic acids is 2. The standard InChI is InChI=1S/C34H43F2N3O3/c1-6-10-39(11-7-2)34(42)27-14-23(4)13-26(18-27)33(41)38-31(17-25-15-29(35)19-30(36)16-25)32(40)21-37-20-28-12-22(3)8-9-24(28)5/h8-9,12-16,18-19,31-32,37,40H,6-7,10-11,17,20-21H2,1-5H3,(H,38,41)/t31-,32+/m0/s1. The van der Waals surface area contributed by atoms with Crippen molar-refractivity contribution >= 4 is 11.8 Å². The van der Waals surface area contributed by atoms with E-state index in [0.717, 1.165) is 41.2 Å². The summed E-state index contributed by atoms with van der Waals surface area (Å²) >= 11 is 0. The zero-order valence-corrected chi connectivity index (χ0v) is 25.3. The van der Waals surface area contributed by atoms with E-state index in [1.54, 1.807) is 23.1 Å². The van der Waals surface area contributed by atoms with Crippen LogP contribution in [-0.4, -0.2) is 53.6 Å². The number of nitrogens with one attached hydrogen (secondary N) is 2. The Hall–Kier alpha value is -3.62. The van der Waals surface area contributed by atoms with E-state index in [1.807, 2.05) is 46.8 Å². The van der Waals surface area contributed by atoms with Crippen LogP contribution in [0.4, 0.5) is 8.78 Å². The molecular weight excluding hydrogens is 536 g/mol. The molecule has 0 radical (unpaired) electrons. The highest BCUT2D eigenvalue weighted by molar-refractivity contribution is 6.00. The van der Waals surface area contributed by atoms with Crippen molar-refractivity contribution in [3.8, 4) is 0 Å². The number of carbonyl (C=O) groups is 2. The van der Waals surface area contributed by atoms with Crippen LogP contribution in [0.2, 0.25) is 0 Å². The summed E-state index contributed by atoms with van der Waals surface area (Å²) in [6, 6.07) is 13.5. The minimum absolute atomic E-state index is 0.00508. The van der Waals surface area contributed by atoms with Gasteiger partial charge < -0.3 is 20.6 Å². The van der Waals surface area contributed by atoms with Gasteiger partial charge in [0.2, 0.25) is 0 Å². The number of aryl methyl sites for hydroxylation is 3. The van der Waals surface area contributed by atoms with Crippen LogP contribution in [0.25, 0.3) is 0 Å². The molecule has 3 N–H and O–H groups in total. The third-order valence-electron chi connectivity index (χ3n) is 7.19. The Labute approximate surface area is 248 Å². The first-order valence-electron chi connectivity index (χ1n) is 14.6. The molecule has 0 aliphatic rings. The summed E-state index contributed by atoms with van der Waals surface area (Å²) in [5.41, 5.74) is 5.08. The lowest BCUT2D eigenvalue weighted by Gasteiger charge is -2.26. The molecule has 6 nitrogen and oxygen atoms in total. The van der Waals surface area contributed by atoms with E-state index in [9.17, 15) is 23.5 Å². The highest BCUT2D eigenvalue weighted by Gasteiger charge is 2.24. The zero-order chi connectivity index (χ0) is 30.8. The first-order chi connectivity index (χ1) is 20.0. The second-order valence-corrected chi connectivity index (χ2v) is 11.1. The third-order valence-corrected chi connectivity index (χ3v) is 7.19. The number of aliphatic hydroxyl groups is 1. The van der Waals surface area contributed by atoms with E-state index < -0.39 is 29.7 Å². The van der Waals surface area contributed by atoms with Crippen molar-refractivity contribution in [2.75, 3.05) is 19.6 Å². The molecule has 0 unspecified atom stereocenters. The van der Waals surface area contributed by atoms with E-state index in [4.69, 9.17) is 0 Å². The molecule has 0 fully saturated rings. The molecule has 0 aliphatic carbocycles. The van der Waals surface area contributed by atoms with Gasteiger partial charge in [0.15, 0.2) is 0 Å². The van der Waals surface area contributed by atoms with Gasteiger partial charge in [-0.25, -0.2) is 8.78 Å². The van der Waals surface area contributed by atoms with Crippen molar-refractivity contribution < 1.29 is 23.5 Å². The van der Waals surface area contributed by atoms with Gasteiger partial charge in [-0.05, 0) is 92.6 Å². The molecule has 2 atom stereocenters. The topological polar surface area (TPSA) is 81.7 Å². The lowest BCUT2D eigenvalue weighted by atomic mass is 9.99. The Kier molecular flexibility index (Phi) is 12.2. The molecule has 0 saturated carbocycles. The van der Waals surface area contributed by atoms with Crippen molar-refractivity contribution in [1.29, 1.82) is 0 Å².